The second kappa shape index (κ2) is 65.7. The molecule has 0 saturated heterocycles. The third kappa shape index (κ3) is 48.4. The van der Waals surface area contributed by atoms with Crippen LogP contribution in [-0.4, -0.2) is 10.7 Å². The fourth-order valence-corrected chi connectivity index (χ4v) is 12.6. The van der Waals surface area contributed by atoms with Crippen molar-refractivity contribution in [2.45, 2.75) is 387 Å². The smallest absolute Gasteiger partial charge is 0.358 e. The number of hydrogen-bond donors (Lipinski definition) is 0. The minimum Gasteiger partial charge on any atom is -0.358 e. The van der Waals surface area contributed by atoms with Crippen molar-refractivity contribution in [3.8, 4) is 0 Å². The van der Waals surface area contributed by atoms with E-state index in [1.165, 1.54) is 348 Å². The average molecular weight is 1240 g/mol. The van der Waals surface area contributed by atoms with Crippen LogP contribution in [-0.2, 0) is 33.3 Å². The molecule has 2 aromatic rings. The Morgan fingerprint density at radius 2 is 0.735 bits per heavy atom. The van der Waals surface area contributed by atoms with Gasteiger partial charge in [-0.3, -0.25) is 0 Å². The van der Waals surface area contributed by atoms with E-state index in [1.807, 2.05) is 0 Å². The summed E-state index contributed by atoms with van der Waals surface area (Å²) in [5, 5.41) is 0. The maximum atomic E-state index is 9.96. The van der Waals surface area contributed by atoms with Gasteiger partial charge in [0.15, 0.2) is 0 Å². The van der Waals surface area contributed by atoms with Gasteiger partial charge in [-0.1, -0.05) is 384 Å². The van der Waals surface area contributed by atoms with Gasteiger partial charge in [-0.05, 0) is 97.6 Å². The van der Waals surface area contributed by atoms with E-state index in [0.29, 0.717) is 0 Å². The van der Waals surface area contributed by atoms with Crippen LogP contribution in [0.15, 0.2) is 71.8 Å². The summed E-state index contributed by atoms with van der Waals surface area (Å²) < 4.78 is 0. The first-order valence-electron chi connectivity index (χ1n) is 36.2. The molecule has 0 atom stereocenters. The Bertz CT molecular complexity index is 1810. The van der Waals surface area contributed by atoms with Crippen molar-refractivity contribution in [1.29, 1.82) is 0 Å². The molecule has 2 aromatic carbocycles. The largest absolute Gasteiger partial charge is 2.00 e. The third-order valence-corrected chi connectivity index (χ3v) is 17.8. The van der Waals surface area contributed by atoms with Crippen LogP contribution in [0.5, 0.6) is 0 Å². The first-order chi connectivity index (χ1) is 39.7. The third-order valence-electron chi connectivity index (χ3n) is 17.8. The molecule has 0 N–H and O–H groups in total. The van der Waals surface area contributed by atoms with E-state index in [4.69, 9.17) is 0 Å². The number of nitrogens with zero attached hydrogens (tertiary/aromatic N) is 2. The second-order valence-electron chi connectivity index (χ2n) is 25.2. The van der Waals surface area contributed by atoms with Crippen molar-refractivity contribution < 1.29 is 25.2 Å². The molecule has 0 spiro atoms. The van der Waals surface area contributed by atoms with Gasteiger partial charge in [-0.25, -0.2) is 0 Å². The average Bonchev–Trinajstić information content (AvgIpc) is 3.67. The van der Waals surface area contributed by atoms with E-state index in [0.717, 1.165) is 50.5 Å². The molecule has 3 heteroatoms. The van der Waals surface area contributed by atoms with E-state index in [-0.39, 0.29) is 35.3 Å². The van der Waals surface area contributed by atoms with Gasteiger partial charge in [-0.15, -0.1) is 4.79 Å². The first-order valence-corrected chi connectivity index (χ1v) is 36.2. The molecule has 0 fully saturated rings. The standard InChI is InChI=1S/C78H134N2.2CH3.Pd/c1-5-9-12-15-17-19-21-23-25-27-29-31-33-34-35-36-38-40-42-44-46-48-50-52-54-56-59-68-76(73(8-4)71-80-79)78(75-67-62-64-72(70-75)63-57-14-11-7-3)77-69-61-60-66-74(77)65-58-55-53-51-49-47-45-43-41-39-37-32-30-28-26-24-22-20-18-16-13-10-6-2;;;/h51,53,60-62,64,66-67,69-70H,5-50,52,54-59,63,65,68H2,1-4H3;2*1H3;/q;2*-1;+2. The molecule has 0 aliphatic heterocycles. The van der Waals surface area contributed by atoms with Crippen molar-refractivity contribution in [2.75, 3.05) is 0 Å². The maximum Gasteiger partial charge on any atom is 2.00 e. The molecule has 0 aromatic heterocycles. The van der Waals surface area contributed by atoms with Gasteiger partial charge in [0.25, 0.3) is 0 Å². The van der Waals surface area contributed by atoms with Crippen LogP contribution in [0, 0.1) is 14.9 Å². The van der Waals surface area contributed by atoms with Gasteiger partial charge in [0, 0.05) is 0 Å². The molecule has 2 rings (SSSR count). The molecular weight excluding hydrogens is 1100 g/mol. The summed E-state index contributed by atoms with van der Waals surface area (Å²) in [4.78, 5) is 3.55. The van der Waals surface area contributed by atoms with Crippen LogP contribution in [0.3, 0.4) is 0 Å². The van der Waals surface area contributed by atoms with Crippen molar-refractivity contribution in [1.82, 2.24) is 0 Å². The van der Waals surface area contributed by atoms with Crippen LogP contribution >= 0.6 is 0 Å². The summed E-state index contributed by atoms with van der Waals surface area (Å²) in [6, 6.07) is 18.7. The molecule has 0 bridgehead atoms. The molecule has 0 aliphatic rings. The SMILES string of the molecule is CCCCCCCCCCCCCCCCCCCCC=CCCCc1ccccc1C(=C(CCCCCCCCCCCCCCCCCCCCCCCCCCCCC)C(=C=[N+]=[N-])CC)c1cccc(CCCCCC)c1.[CH3-].[CH3-].[Pd+2]. The number of aryl methyl sites for hydroxylation is 2. The monoisotopic (exact) mass is 1240 g/mol. The molecule has 0 radical (unpaired) electrons. The van der Waals surface area contributed by atoms with Crippen LogP contribution in [0.1, 0.15) is 397 Å². The zero-order valence-electron chi connectivity index (χ0n) is 56.6. The van der Waals surface area contributed by atoms with Crippen molar-refractivity contribution in [2.24, 2.45) is 0 Å². The summed E-state index contributed by atoms with van der Waals surface area (Å²) in [5.74, 6) is 3.10. The van der Waals surface area contributed by atoms with Crippen molar-refractivity contribution in [3.63, 3.8) is 0 Å². The Morgan fingerprint density at radius 3 is 1.12 bits per heavy atom. The zero-order valence-corrected chi connectivity index (χ0v) is 58.1. The fraction of sp³-hybridized carbons (Fsp3) is 0.750. The van der Waals surface area contributed by atoms with E-state index in [1.54, 1.807) is 0 Å². The van der Waals surface area contributed by atoms with Crippen LogP contribution in [0.4, 0.5) is 0 Å². The first kappa shape index (κ1) is 82.8. The Kier molecular flexibility index (Phi) is 65.6. The normalized spacial score (nSPS) is 11.5. The van der Waals surface area contributed by atoms with Gasteiger partial charge >= 0.3 is 26.3 Å². The molecule has 0 saturated carbocycles. The van der Waals surface area contributed by atoms with E-state index in [9.17, 15) is 5.53 Å². The molecular formula is C80H140N2Pd. The van der Waals surface area contributed by atoms with Gasteiger partial charge in [0.1, 0.15) is 0 Å². The van der Waals surface area contributed by atoms with Gasteiger partial charge < -0.3 is 20.4 Å². The van der Waals surface area contributed by atoms with Gasteiger partial charge in [0.05, 0.1) is 5.57 Å². The van der Waals surface area contributed by atoms with E-state index in [2.05, 4.69) is 99.0 Å². The zero-order chi connectivity index (χ0) is 57.1. The predicted molar refractivity (Wildman–Crippen MR) is 372 cm³/mol. The van der Waals surface area contributed by atoms with Gasteiger partial charge in [-0.2, -0.15) is 0 Å². The molecule has 0 amide bonds. The second-order valence-corrected chi connectivity index (χ2v) is 25.2. The number of rotatable bonds is 60. The van der Waals surface area contributed by atoms with Crippen LogP contribution < -0.4 is 0 Å². The van der Waals surface area contributed by atoms with E-state index < -0.39 is 0 Å². The Balaban J connectivity index is 0. The van der Waals surface area contributed by atoms with Gasteiger partial charge in [0.2, 0.25) is 0 Å². The Morgan fingerprint density at radius 1 is 0.386 bits per heavy atom. The van der Waals surface area contributed by atoms with E-state index >= 15 is 0 Å². The van der Waals surface area contributed by atoms with Crippen molar-refractivity contribution >= 4 is 11.4 Å². The quantitative estimate of drug-likeness (QED) is 0.00925. The Hall–Kier alpha value is -2.26. The Labute approximate surface area is 535 Å². The summed E-state index contributed by atoms with van der Waals surface area (Å²) in [7, 11) is 0. The molecule has 0 heterocycles. The number of unbranched alkanes of at least 4 members (excludes halogenated alkanes) is 48. The molecule has 2 nitrogen and oxygen atoms in total. The topological polar surface area (TPSA) is 36.4 Å². The summed E-state index contributed by atoms with van der Waals surface area (Å²) in [5.41, 5.74) is 19.2. The van der Waals surface area contributed by atoms with Crippen LogP contribution in [0.25, 0.3) is 11.1 Å². The number of benzene rings is 2. The number of allylic oxidation sites excluding steroid dienone is 4. The number of hydrogen-bond acceptors (Lipinski definition) is 0. The molecule has 83 heavy (non-hydrogen) atoms. The minimum atomic E-state index is 0. The summed E-state index contributed by atoms with van der Waals surface area (Å²) in [6.45, 7) is 9.13. The summed E-state index contributed by atoms with van der Waals surface area (Å²) in [6.07, 6.45) is 81.5. The minimum absolute atomic E-state index is 0. The fourth-order valence-electron chi connectivity index (χ4n) is 12.6. The molecule has 0 unspecified atom stereocenters. The van der Waals surface area contributed by atoms with Crippen LogP contribution in [0.2, 0.25) is 0 Å². The van der Waals surface area contributed by atoms with Crippen molar-refractivity contribution in [3.05, 3.63) is 114 Å². The summed E-state index contributed by atoms with van der Waals surface area (Å²) >= 11 is 0. The molecule has 480 valence electrons. The molecule has 0 aliphatic carbocycles. The predicted octanol–water partition coefficient (Wildman–Crippen LogP) is 28.0. The maximum absolute atomic E-state index is 9.96.